The second-order valence-electron chi connectivity index (χ2n) is 7.62. The van der Waals surface area contributed by atoms with Gasteiger partial charge in [-0.2, -0.15) is 0 Å². The van der Waals surface area contributed by atoms with Gasteiger partial charge in [0.15, 0.2) is 11.5 Å². The second-order valence-corrected chi connectivity index (χ2v) is 7.62. The van der Waals surface area contributed by atoms with Gasteiger partial charge in [0, 0.05) is 36.6 Å². The Morgan fingerprint density at radius 3 is 2.55 bits per heavy atom. The number of hydrogen-bond acceptors (Lipinski definition) is 6. The highest BCUT2D eigenvalue weighted by Crippen LogP contribution is 2.43. The standard InChI is InChI=1S/C25H25N3O5/c1-32-18-9-10-20(33-2)19(15-18)22-21(23(29)17-7-4-3-5-8-17)24(30)25(31)28(22)13-6-12-27-14-11-26-16-27/h3-5,7-11,14-16,22,30H,6,12-13H2,1-2H3. The molecule has 1 aliphatic rings. The van der Waals surface area contributed by atoms with E-state index in [1.165, 1.54) is 19.1 Å². The van der Waals surface area contributed by atoms with Crippen molar-refractivity contribution in [2.75, 3.05) is 20.8 Å². The average molecular weight is 447 g/mol. The van der Waals surface area contributed by atoms with Crippen LogP contribution in [0.25, 0.3) is 0 Å². The summed E-state index contributed by atoms with van der Waals surface area (Å²) in [5.74, 6) is -0.500. The van der Waals surface area contributed by atoms with Gasteiger partial charge in [-0.05, 0) is 24.6 Å². The van der Waals surface area contributed by atoms with Gasteiger partial charge in [0.25, 0.3) is 5.91 Å². The number of hydrogen-bond donors (Lipinski definition) is 1. The van der Waals surface area contributed by atoms with E-state index < -0.39 is 23.5 Å². The van der Waals surface area contributed by atoms with Crippen LogP contribution in [-0.2, 0) is 11.3 Å². The lowest BCUT2D eigenvalue weighted by Gasteiger charge is -2.28. The summed E-state index contributed by atoms with van der Waals surface area (Å²) < 4.78 is 12.8. The number of aliphatic hydroxyl groups excluding tert-OH is 1. The summed E-state index contributed by atoms with van der Waals surface area (Å²) in [4.78, 5) is 32.2. The summed E-state index contributed by atoms with van der Waals surface area (Å²) >= 11 is 0. The normalized spacial score (nSPS) is 15.8. The number of methoxy groups -OCH3 is 2. The van der Waals surface area contributed by atoms with Crippen LogP contribution in [0.4, 0.5) is 0 Å². The Bertz CT molecular complexity index is 1170. The molecule has 2 heterocycles. The van der Waals surface area contributed by atoms with E-state index in [4.69, 9.17) is 9.47 Å². The van der Waals surface area contributed by atoms with Crippen LogP contribution in [0.15, 0.2) is 78.6 Å². The monoisotopic (exact) mass is 447 g/mol. The summed E-state index contributed by atoms with van der Waals surface area (Å²) in [6, 6.07) is 13.0. The molecule has 170 valence electrons. The molecule has 4 rings (SSSR count). The van der Waals surface area contributed by atoms with E-state index in [1.807, 2.05) is 10.8 Å². The van der Waals surface area contributed by atoms with Crippen molar-refractivity contribution in [3.05, 3.63) is 89.7 Å². The van der Waals surface area contributed by atoms with Crippen molar-refractivity contribution in [1.82, 2.24) is 14.5 Å². The maximum absolute atomic E-state index is 13.5. The Kier molecular flexibility index (Phi) is 6.44. The lowest BCUT2D eigenvalue weighted by Crippen LogP contribution is -2.32. The number of imidazole rings is 1. The van der Waals surface area contributed by atoms with Crippen molar-refractivity contribution in [2.45, 2.75) is 19.0 Å². The summed E-state index contributed by atoms with van der Waals surface area (Å²) in [5, 5.41) is 10.8. The molecule has 0 bridgehead atoms. The van der Waals surface area contributed by atoms with Crippen LogP contribution in [0, 0.1) is 0 Å². The van der Waals surface area contributed by atoms with Crippen molar-refractivity contribution in [3.8, 4) is 11.5 Å². The molecule has 0 radical (unpaired) electrons. The summed E-state index contributed by atoms with van der Waals surface area (Å²) in [6.07, 6.45) is 5.84. The Morgan fingerprint density at radius 1 is 1.09 bits per heavy atom. The lowest BCUT2D eigenvalue weighted by atomic mass is 9.92. The highest BCUT2D eigenvalue weighted by atomic mass is 16.5. The first-order valence-electron chi connectivity index (χ1n) is 10.6. The zero-order valence-electron chi connectivity index (χ0n) is 18.5. The van der Waals surface area contributed by atoms with Crippen LogP contribution >= 0.6 is 0 Å². The molecule has 1 amide bonds. The summed E-state index contributed by atoms with van der Waals surface area (Å²) in [5.41, 5.74) is 0.982. The number of ketones is 1. The molecule has 1 atom stereocenters. The number of aliphatic hydroxyl groups is 1. The molecule has 2 aromatic carbocycles. The molecule has 0 fully saturated rings. The van der Waals surface area contributed by atoms with Crippen molar-refractivity contribution in [1.29, 1.82) is 0 Å². The molecule has 1 N–H and O–H groups in total. The number of amides is 1. The largest absolute Gasteiger partial charge is 0.503 e. The van der Waals surface area contributed by atoms with Crippen LogP contribution in [-0.4, -0.2) is 52.0 Å². The van der Waals surface area contributed by atoms with Gasteiger partial charge < -0.3 is 24.0 Å². The molecule has 8 heteroatoms. The van der Waals surface area contributed by atoms with Crippen LogP contribution in [0.2, 0.25) is 0 Å². The minimum atomic E-state index is -0.821. The molecule has 0 saturated carbocycles. The Balaban J connectivity index is 1.76. The summed E-state index contributed by atoms with van der Waals surface area (Å²) in [6.45, 7) is 0.951. The number of Topliss-reactive ketones (excluding diaryl/α,β-unsaturated/α-hetero) is 1. The first-order chi connectivity index (χ1) is 16.0. The molecule has 1 aromatic heterocycles. The van der Waals surface area contributed by atoms with Crippen LogP contribution in [0.3, 0.4) is 0 Å². The van der Waals surface area contributed by atoms with Crippen LogP contribution in [0.1, 0.15) is 28.4 Å². The molecule has 0 aliphatic carbocycles. The van der Waals surface area contributed by atoms with Crippen LogP contribution in [0.5, 0.6) is 11.5 Å². The SMILES string of the molecule is COc1ccc(OC)c(C2C(C(=O)c3ccccc3)=C(O)C(=O)N2CCCn2ccnc2)c1. The number of aryl methyl sites for hydroxylation is 1. The quantitative estimate of drug-likeness (QED) is 0.504. The number of nitrogens with zero attached hydrogens (tertiary/aromatic N) is 3. The lowest BCUT2D eigenvalue weighted by molar-refractivity contribution is -0.129. The molecule has 3 aromatic rings. The van der Waals surface area contributed by atoms with Gasteiger partial charge in [-0.3, -0.25) is 9.59 Å². The number of benzene rings is 2. The Hall–Kier alpha value is -4.07. The van der Waals surface area contributed by atoms with E-state index in [0.29, 0.717) is 42.1 Å². The fourth-order valence-electron chi connectivity index (χ4n) is 4.08. The van der Waals surface area contributed by atoms with E-state index in [2.05, 4.69) is 4.98 Å². The number of rotatable bonds is 9. The molecular weight excluding hydrogens is 422 g/mol. The zero-order valence-corrected chi connectivity index (χ0v) is 18.5. The highest BCUT2D eigenvalue weighted by molar-refractivity contribution is 6.16. The van der Waals surface area contributed by atoms with Gasteiger partial charge in [0.1, 0.15) is 11.5 Å². The molecule has 1 aliphatic heterocycles. The second kappa shape index (κ2) is 9.60. The Morgan fingerprint density at radius 2 is 1.88 bits per heavy atom. The smallest absolute Gasteiger partial charge is 0.290 e. The predicted molar refractivity (Wildman–Crippen MR) is 121 cm³/mol. The van der Waals surface area contributed by atoms with Crippen molar-refractivity contribution in [3.63, 3.8) is 0 Å². The number of carbonyl (C=O) groups excluding carboxylic acids is 2. The number of ether oxygens (including phenoxy) is 2. The fraction of sp³-hybridized carbons (Fsp3) is 0.240. The minimum absolute atomic E-state index is 0.0281. The third kappa shape index (κ3) is 4.32. The third-order valence-corrected chi connectivity index (χ3v) is 5.69. The van der Waals surface area contributed by atoms with Gasteiger partial charge in [0.05, 0.1) is 32.2 Å². The van der Waals surface area contributed by atoms with Crippen molar-refractivity contribution < 1.29 is 24.2 Å². The highest BCUT2D eigenvalue weighted by Gasteiger charge is 2.44. The topological polar surface area (TPSA) is 93.9 Å². The first kappa shape index (κ1) is 22.1. The molecule has 0 spiro atoms. The zero-order chi connectivity index (χ0) is 23.4. The molecule has 33 heavy (non-hydrogen) atoms. The van der Waals surface area contributed by atoms with E-state index in [9.17, 15) is 14.7 Å². The van der Waals surface area contributed by atoms with E-state index in [-0.39, 0.29) is 5.57 Å². The molecular formula is C25H25N3O5. The average Bonchev–Trinajstić information content (AvgIpc) is 3.46. The molecule has 8 nitrogen and oxygen atoms in total. The summed E-state index contributed by atoms with van der Waals surface area (Å²) in [7, 11) is 3.06. The maximum Gasteiger partial charge on any atom is 0.290 e. The van der Waals surface area contributed by atoms with Gasteiger partial charge >= 0.3 is 0 Å². The van der Waals surface area contributed by atoms with E-state index in [1.54, 1.807) is 61.1 Å². The third-order valence-electron chi connectivity index (χ3n) is 5.69. The predicted octanol–water partition coefficient (Wildman–Crippen LogP) is 3.57. The molecule has 1 unspecified atom stereocenters. The first-order valence-corrected chi connectivity index (χ1v) is 10.6. The maximum atomic E-state index is 13.5. The minimum Gasteiger partial charge on any atom is -0.503 e. The van der Waals surface area contributed by atoms with Crippen molar-refractivity contribution in [2.24, 2.45) is 0 Å². The molecule has 0 saturated heterocycles. The number of aromatic nitrogens is 2. The van der Waals surface area contributed by atoms with Gasteiger partial charge in [-0.25, -0.2) is 4.98 Å². The fourth-order valence-corrected chi connectivity index (χ4v) is 4.08. The van der Waals surface area contributed by atoms with Crippen LogP contribution < -0.4 is 9.47 Å². The number of carbonyl (C=O) groups is 2. The van der Waals surface area contributed by atoms with Gasteiger partial charge in [-0.15, -0.1) is 0 Å². The Labute approximate surface area is 191 Å². The van der Waals surface area contributed by atoms with Crippen molar-refractivity contribution >= 4 is 11.7 Å². The van der Waals surface area contributed by atoms with Gasteiger partial charge in [-0.1, -0.05) is 30.3 Å². The van der Waals surface area contributed by atoms with Gasteiger partial charge in [0.2, 0.25) is 0 Å². The van der Waals surface area contributed by atoms with E-state index in [0.717, 1.165) is 0 Å². The van der Waals surface area contributed by atoms with E-state index >= 15 is 0 Å².